The fourth-order valence-corrected chi connectivity index (χ4v) is 2.72. The van der Waals surface area contributed by atoms with Crippen LogP contribution in [0.3, 0.4) is 0 Å². The lowest BCUT2D eigenvalue weighted by molar-refractivity contribution is 0.992. The first-order valence-corrected chi connectivity index (χ1v) is 8.18. The van der Waals surface area contributed by atoms with Crippen molar-refractivity contribution in [2.75, 3.05) is 0 Å². The first-order chi connectivity index (χ1) is 12.8. The van der Waals surface area contributed by atoms with Crippen LogP contribution in [0.4, 0.5) is 5.69 Å². The molecule has 0 saturated carbocycles. The van der Waals surface area contributed by atoms with Gasteiger partial charge in [-0.05, 0) is 0 Å². The monoisotopic (exact) mass is 334 g/mol. The summed E-state index contributed by atoms with van der Waals surface area (Å²) in [5, 5.41) is 8.80. The third kappa shape index (κ3) is 3.06. The molecule has 1 aromatic heterocycles. The van der Waals surface area contributed by atoms with E-state index in [-0.39, 0.29) is 0 Å². The second-order valence-corrected chi connectivity index (χ2v) is 5.72. The SMILES string of the molecule is [C-]#[N+]c1ccc(-c2nnc(-c3ccccc3)c(-c3ccccc3)n2)cc1. The van der Waals surface area contributed by atoms with Crippen LogP contribution < -0.4 is 0 Å². The summed E-state index contributed by atoms with van der Waals surface area (Å²) in [5.41, 5.74) is 4.92. The molecule has 3 aromatic carbocycles. The molecule has 0 unspecified atom stereocenters. The first-order valence-electron chi connectivity index (χ1n) is 8.18. The van der Waals surface area contributed by atoms with Crippen LogP contribution in [0.15, 0.2) is 84.9 Å². The van der Waals surface area contributed by atoms with E-state index in [1.54, 1.807) is 12.1 Å². The van der Waals surface area contributed by atoms with Gasteiger partial charge in [0.05, 0.1) is 6.57 Å². The number of nitrogens with zero attached hydrogens (tertiary/aromatic N) is 4. The highest BCUT2D eigenvalue weighted by atomic mass is 15.2. The Labute approximate surface area is 151 Å². The molecule has 0 atom stereocenters. The zero-order valence-corrected chi connectivity index (χ0v) is 13.9. The Morgan fingerprint density at radius 3 is 1.73 bits per heavy atom. The van der Waals surface area contributed by atoms with E-state index in [9.17, 15) is 0 Å². The maximum atomic E-state index is 7.07. The van der Waals surface area contributed by atoms with Gasteiger partial charge in [-0.15, -0.1) is 10.2 Å². The van der Waals surface area contributed by atoms with Gasteiger partial charge in [-0.25, -0.2) is 9.83 Å². The number of aromatic nitrogens is 3. The molecule has 0 spiro atoms. The quantitative estimate of drug-likeness (QED) is 0.470. The Hall–Kier alpha value is -3.84. The van der Waals surface area contributed by atoms with Crippen LogP contribution in [0.1, 0.15) is 0 Å². The maximum Gasteiger partial charge on any atom is 0.187 e. The smallest absolute Gasteiger partial charge is 0.187 e. The average molecular weight is 334 g/mol. The van der Waals surface area contributed by atoms with Gasteiger partial charge in [-0.1, -0.05) is 84.9 Å². The molecule has 0 amide bonds. The van der Waals surface area contributed by atoms with Crippen molar-refractivity contribution in [2.24, 2.45) is 0 Å². The summed E-state index contributed by atoms with van der Waals surface area (Å²) in [6.45, 7) is 7.07. The highest BCUT2D eigenvalue weighted by Crippen LogP contribution is 2.30. The summed E-state index contributed by atoms with van der Waals surface area (Å²) in [4.78, 5) is 8.21. The predicted octanol–water partition coefficient (Wildman–Crippen LogP) is 5.42. The van der Waals surface area contributed by atoms with Crippen LogP contribution in [0, 0.1) is 6.57 Å². The molecule has 0 fully saturated rings. The molecule has 0 radical (unpaired) electrons. The molecule has 122 valence electrons. The minimum Gasteiger partial charge on any atom is -0.238 e. The Bertz CT molecular complexity index is 1070. The lowest BCUT2D eigenvalue weighted by atomic mass is 10.0. The molecule has 0 bridgehead atoms. The fourth-order valence-electron chi connectivity index (χ4n) is 2.72. The molecule has 0 aliphatic carbocycles. The van der Waals surface area contributed by atoms with Crippen molar-refractivity contribution >= 4 is 5.69 Å². The molecule has 0 N–H and O–H groups in total. The van der Waals surface area contributed by atoms with Crippen molar-refractivity contribution in [3.8, 4) is 33.9 Å². The van der Waals surface area contributed by atoms with Crippen molar-refractivity contribution < 1.29 is 0 Å². The maximum absolute atomic E-state index is 7.07. The van der Waals surface area contributed by atoms with Crippen LogP contribution in [0.2, 0.25) is 0 Å². The van der Waals surface area contributed by atoms with E-state index < -0.39 is 0 Å². The Balaban J connectivity index is 1.88. The Morgan fingerprint density at radius 1 is 0.577 bits per heavy atom. The van der Waals surface area contributed by atoms with Crippen molar-refractivity contribution in [2.45, 2.75) is 0 Å². The summed E-state index contributed by atoms with van der Waals surface area (Å²) < 4.78 is 0. The topological polar surface area (TPSA) is 43.0 Å². The summed E-state index contributed by atoms with van der Waals surface area (Å²) in [5.74, 6) is 0.542. The van der Waals surface area contributed by atoms with Crippen molar-refractivity contribution in [1.29, 1.82) is 0 Å². The molecular weight excluding hydrogens is 320 g/mol. The van der Waals surface area contributed by atoms with Gasteiger partial charge in [-0.2, -0.15) is 0 Å². The lowest BCUT2D eigenvalue weighted by Crippen LogP contribution is -1.99. The van der Waals surface area contributed by atoms with E-state index in [2.05, 4.69) is 15.0 Å². The third-order valence-corrected chi connectivity index (χ3v) is 4.04. The van der Waals surface area contributed by atoms with E-state index in [1.807, 2.05) is 72.8 Å². The summed E-state index contributed by atoms with van der Waals surface area (Å²) in [6.07, 6.45) is 0. The number of hydrogen-bond donors (Lipinski definition) is 0. The molecule has 0 aliphatic rings. The van der Waals surface area contributed by atoms with Gasteiger partial charge in [0, 0.05) is 16.7 Å². The summed E-state index contributed by atoms with van der Waals surface area (Å²) >= 11 is 0. The minimum absolute atomic E-state index is 0.542. The van der Waals surface area contributed by atoms with Gasteiger partial charge in [0.15, 0.2) is 11.5 Å². The van der Waals surface area contributed by atoms with Crippen LogP contribution in [-0.4, -0.2) is 15.2 Å². The zero-order chi connectivity index (χ0) is 17.8. The molecule has 26 heavy (non-hydrogen) atoms. The first kappa shape index (κ1) is 15.7. The largest absolute Gasteiger partial charge is 0.238 e. The Kier molecular flexibility index (Phi) is 4.19. The van der Waals surface area contributed by atoms with Gasteiger partial charge in [0.2, 0.25) is 0 Å². The molecule has 4 nitrogen and oxygen atoms in total. The van der Waals surface area contributed by atoms with Gasteiger partial charge in [0.1, 0.15) is 11.4 Å². The standard InChI is InChI=1S/C22H14N4/c1-23-19-14-12-18(13-15-19)22-24-20(16-8-4-2-5-9-16)21(25-26-22)17-10-6-3-7-11-17/h2-15H. The molecule has 1 heterocycles. The van der Waals surface area contributed by atoms with Gasteiger partial charge < -0.3 is 0 Å². The summed E-state index contributed by atoms with van der Waals surface area (Å²) in [6, 6.07) is 27.1. The Morgan fingerprint density at radius 2 is 1.15 bits per heavy atom. The van der Waals surface area contributed by atoms with E-state index >= 15 is 0 Å². The van der Waals surface area contributed by atoms with E-state index in [0.717, 1.165) is 28.1 Å². The van der Waals surface area contributed by atoms with Crippen molar-refractivity contribution in [1.82, 2.24) is 15.2 Å². The second-order valence-electron chi connectivity index (χ2n) is 5.72. The molecule has 4 aromatic rings. The van der Waals surface area contributed by atoms with Crippen LogP contribution in [-0.2, 0) is 0 Å². The highest BCUT2D eigenvalue weighted by molar-refractivity contribution is 5.78. The summed E-state index contributed by atoms with van der Waals surface area (Å²) in [7, 11) is 0. The number of rotatable bonds is 3. The van der Waals surface area contributed by atoms with E-state index in [0.29, 0.717) is 11.5 Å². The molecule has 4 rings (SSSR count). The van der Waals surface area contributed by atoms with Crippen LogP contribution >= 0.6 is 0 Å². The molecule has 0 saturated heterocycles. The minimum atomic E-state index is 0.542. The molecule has 0 aliphatic heterocycles. The predicted molar refractivity (Wildman–Crippen MR) is 102 cm³/mol. The van der Waals surface area contributed by atoms with Gasteiger partial charge in [0.25, 0.3) is 0 Å². The average Bonchev–Trinajstić information content (AvgIpc) is 2.75. The highest BCUT2D eigenvalue weighted by Gasteiger charge is 2.14. The van der Waals surface area contributed by atoms with Crippen LogP contribution in [0.25, 0.3) is 38.7 Å². The fraction of sp³-hybridized carbons (Fsp3) is 0. The lowest BCUT2D eigenvalue weighted by Gasteiger charge is -2.09. The van der Waals surface area contributed by atoms with Crippen molar-refractivity contribution in [3.05, 3.63) is 96.3 Å². The van der Waals surface area contributed by atoms with E-state index in [4.69, 9.17) is 11.6 Å². The van der Waals surface area contributed by atoms with Crippen molar-refractivity contribution in [3.63, 3.8) is 0 Å². The van der Waals surface area contributed by atoms with Gasteiger partial charge in [-0.3, -0.25) is 0 Å². The molecule has 4 heteroatoms. The zero-order valence-electron chi connectivity index (χ0n) is 13.9. The van der Waals surface area contributed by atoms with Gasteiger partial charge >= 0.3 is 0 Å². The van der Waals surface area contributed by atoms with E-state index in [1.165, 1.54) is 0 Å². The number of benzene rings is 3. The number of hydrogen-bond acceptors (Lipinski definition) is 3. The molecular formula is C22H14N4. The van der Waals surface area contributed by atoms with Crippen LogP contribution in [0.5, 0.6) is 0 Å². The second kappa shape index (κ2) is 6.96. The third-order valence-electron chi connectivity index (χ3n) is 4.04. The normalized spacial score (nSPS) is 10.3.